The fourth-order valence-electron chi connectivity index (χ4n) is 3.08. The molecular weight excluding hydrogens is 262 g/mol. The molecule has 1 saturated carbocycles. The van der Waals surface area contributed by atoms with Gasteiger partial charge in [-0.1, -0.05) is 0 Å². The van der Waals surface area contributed by atoms with Gasteiger partial charge in [-0.2, -0.15) is 0 Å². The van der Waals surface area contributed by atoms with Crippen LogP contribution in [0.25, 0.3) is 0 Å². The predicted molar refractivity (Wildman–Crippen MR) is 71.5 cm³/mol. The molecule has 0 aromatic carbocycles. The molecule has 1 atom stereocenters. The van der Waals surface area contributed by atoms with Gasteiger partial charge in [-0.25, -0.2) is 4.79 Å². The maximum Gasteiger partial charge on any atom is 0.407 e. The van der Waals surface area contributed by atoms with E-state index in [1.165, 1.54) is 12.0 Å². The molecule has 0 unspecified atom stereocenters. The first-order valence-electron chi connectivity index (χ1n) is 7.28. The highest BCUT2D eigenvalue weighted by Gasteiger charge is 2.30. The summed E-state index contributed by atoms with van der Waals surface area (Å²) in [6.45, 7) is 1.05. The van der Waals surface area contributed by atoms with E-state index in [1.807, 2.05) is 0 Å². The van der Waals surface area contributed by atoms with Gasteiger partial charge in [0, 0.05) is 13.0 Å². The minimum atomic E-state index is -0.863. The molecule has 0 aromatic rings. The summed E-state index contributed by atoms with van der Waals surface area (Å²) in [7, 11) is 1.42. The van der Waals surface area contributed by atoms with Gasteiger partial charge in [0.2, 0.25) is 0 Å². The Morgan fingerprint density at radius 1 is 1.15 bits per heavy atom. The van der Waals surface area contributed by atoms with Crippen molar-refractivity contribution in [2.24, 2.45) is 5.92 Å². The molecule has 0 radical (unpaired) electrons. The van der Waals surface area contributed by atoms with E-state index in [0.29, 0.717) is 25.4 Å². The monoisotopic (exact) mass is 285 g/mol. The fourth-order valence-corrected chi connectivity index (χ4v) is 3.08. The molecule has 1 aliphatic heterocycles. The highest BCUT2D eigenvalue weighted by atomic mass is 16.5. The number of amides is 1. The minimum Gasteiger partial charge on any atom is -0.469 e. The van der Waals surface area contributed by atoms with E-state index in [4.69, 9.17) is 14.6 Å². The zero-order chi connectivity index (χ0) is 14.5. The lowest BCUT2D eigenvalue weighted by Gasteiger charge is -2.29. The summed E-state index contributed by atoms with van der Waals surface area (Å²) in [5, 5.41) is 8.91. The van der Waals surface area contributed by atoms with Crippen LogP contribution < -0.4 is 0 Å². The third-order valence-electron chi connectivity index (χ3n) is 4.28. The molecule has 1 N–H and O–H groups in total. The Labute approximate surface area is 119 Å². The van der Waals surface area contributed by atoms with Crippen molar-refractivity contribution in [2.45, 2.75) is 50.7 Å². The second-order valence-corrected chi connectivity index (χ2v) is 5.70. The van der Waals surface area contributed by atoms with Gasteiger partial charge in [-0.3, -0.25) is 4.79 Å². The number of carboxylic acid groups (broad SMARTS) is 1. The van der Waals surface area contributed by atoms with Crippen molar-refractivity contribution in [1.29, 1.82) is 0 Å². The largest absolute Gasteiger partial charge is 0.469 e. The third kappa shape index (κ3) is 4.10. The van der Waals surface area contributed by atoms with Crippen LogP contribution in [0.15, 0.2) is 0 Å². The van der Waals surface area contributed by atoms with Crippen molar-refractivity contribution in [3.63, 3.8) is 0 Å². The lowest BCUT2D eigenvalue weighted by atomic mass is 9.85. The van der Waals surface area contributed by atoms with E-state index in [1.54, 1.807) is 0 Å². The van der Waals surface area contributed by atoms with Gasteiger partial charge in [-0.15, -0.1) is 0 Å². The van der Waals surface area contributed by atoms with E-state index >= 15 is 0 Å². The lowest BCUT2D eigenvalue weighted by Crippen LogP contribution is -2.31. The molecule has 20 heavy (non-hydrogen) atoms. The zero-order valence-corrected chi connectivity index (χ0v) is 11.9. The molecular formula is C14H23NO5. The summed E-state index contributed by atoms with van der Waals surface area (Å²) in [4.78, 5) is 23.5. The Hall–Kier alpha value is -1.30. The van der Waals surface area contributed by atoms with E-state index in [-0.39, 0.29) is 18.2 Å². The Morgan fingerprint density at radius 2 is 1.85 bits per heavy atom. The van der Waals surface area contributed by atoms with Crippen LogP contribution in [-0.4, -0.2) is 54.5 Å². The van der Waals surface area contributed by atoms with Crippen molar-refractivity contribution >= 4 is 12.1 Å². The molecule has 0 spiro atoms. The smallest absolute Gasteiger partial charge is 0.407 e. The molecule has 0 aromatic heterocycles. The number of hydrogen-bond donors (Lipinski definition) is 1. The third-order valence-corrected chi connectivity index (χ3v) is 4.28. The van der Waals surface area contributed by atoms with Gasteiger partial charge >= 0.3 is 12.1 Å². The molecule has 6 nitrogen and oxygen atoms in total. The number of carbonyl (C=O) groups excluding carboxylic acids is 1. The normalized spacial score (nSPS) is 30.2. The standard InChI is InChI=1S/C14H23NO5/c1-19-13(16)8-10-2-4-11(5-3-10)20-12-6-7-15(9-12)14(17)18/h10-12H,2-9H2,1H3,(H,17,18)/t10-,11-,12-/m0/s1. The molecule has 1 aliphatic carbocycles. The predicted octanol–water partition coefficient (Wildman–Crippen LogP) is 1.88. The lowest BCUT2D eigenvalue weighted by molar-refractivity contribution is -0.142. The second kappa shape index (κ2) is 6.92. The van der Waals surface area contributed by atoms with Crippen molar-refractivity contribution in [3.05, 3.63) is 0 Å². The number of likely N-dealkylation sites (tertiary alicyclic amines) is 1. The number of hydrogen-bond acceptors (Lipinski definition) is 4. The molecule has 0 bridgehead atoms. The van der Waals surface area contributed by atoms with Gasteiger partial charge in [0.15, 0.2) is 0 Å². The first-order chi connectivity index (χ1) is 9.58. The summed E-state index contributed by atoms with van der Waals surface area (Å²) < 4.78 is 10.7. The molecule has 2 fully saturated rings. The molecule has 1 saturated heterocycles. The Balaban J connectivity index is 1.67. The van der Waals surface area contributed by atoms with Crippen molar-refractivity contribution < 1.29 is 24.2 Å². The van der Waals surface area contributed by atoms with E-state index in [9.17, 15) is 9.59 Å². The molecule has 6 heteroatoms. The molecule has 2 aliphatic rings. The minimum absolute atomic E-state index is 0.0354. The summed E-state index contributed by atoms with van der Waals surface area (Å²) in [5.41, 5.74) is 0. The number of carbonyl (C=O) groups is 2. The maximum atomic E-state index is 11.2. The number of nitrogens with zero attached hydrogens (tertiary/aromatic N) is 1. The highest BCUT2D eigenvalue weighted by Crippen LogP contribution is 2.30. The van der Waals surface area contributed by atoms with Crippen LogP contribution >= 0.6 is 0 Å². The van der Waals surface area contributed by atoms with Gasteiger partial charge in [0.25, 0.3) is 0 Å². The van der Waals surface area contributed by atoms with Crippen LogP contribution in [0.5, 0.6) is 0 Å². The average Bonchev–Trinajstić information content (AvgIpc) is 2.89. The Bertz CT molecular complexity index is 351. The van der Waals surface area contributed by atoms with Gasteiger partial charge < -0.3 is 19.5 Å². The van der Waals surface area contributed by atoms with Crippen molar-refractivity contribution in [3.8, 4) is 0 Å². The number of methoxy groups -OCH3 is 1. The average molecular weight is 285 g/mol. The summed E-state index contributed by atoms with van der Waals surface area (Å²) in [6.07, 6.45) is 4.53. The van der Waals surface area contributed by atoms with Crippen LogP contribution in [0.2, 0.25) is 0 Å². The second-order valence-electron chi connectivity index (χ2n) is 5.70. The van der Waals surface area contributed by atoms with Crippen LogP contribution in [0, 0.1) is 5.92 Å². The SMILES string of the molecule is COC(=O)C[C@H]1CC[C@H](O[C@H]2CCN(C(=O)O)C2)CC1. The topological polar surface area (TPSA) is 76.1 Å². The van der Waals surface area contributed by atoms with Crippen LogP contribution in [0.3, 0.4) is 0 Å². The maximum absolute atomic E-state index is 11.2. The first-order valence-corrected chi connectivity index (χ1v) is 7.28. The first kappa shape index (κ1) is 15.1. The van der Waals surface area contributed by atoms with Gasteiger partial charge in [0.1, 0.15) is 0 Å². The highest BCUT2D eigenvalue weighted by molar-refractivity contribution is 5.69. The number of esters is 1. The Kier molecular flexibility index (Phi) is 5.23. The van der Waals surface area contributed by atoms with Crippen LogP contribution in [0.4, 0.5) is 4.79 Å². The molecule has 1 amide bonds. The summed E-state index contributed by atoms with van der Waals surface area (Å²) in [5.74, 6) is 0.267. The van der Waals surface area contributed by atoms with Crippen LogP contribution in [-0.2, 0) is 14.3 Å². The van der Waals surface area contributed by atoms with Crippen molar-refractivity contribution in [2.75, 3.05) is 20.2 Å². The summed E-state index contributed by atoms with van der Waals surface area (Å²) >= 11 is 0. The van der Waals surface area contributed by atoms with Gasteiger partial charge in [0.05, 0.1) is 25.9 Å². The van der Waals surface area contributed by atoms with E-state index < -0.39 is 6.09 Å². The zero-order valence-electron chi connectivity index (χ0n) is 11.9. The molecule has 1 heterocycles. The molecule has 114 valence electrons. The van der Waals surface area contributed by atoms with Crippen molar-refractivity contribution in [1.82, 2.24) is 4.90 Å². The number of rotatable bonds is 4. The van der Waals surface area contributed by atoms with Gasteiger partial charge in [-0.05, 0) is 38.0 Å². The summed E-state index contributed by atoms with van der Waals surface area (Å²) in [6, 6.07) is 0. The van der Waals surface area contributed by atoms with Crippen LogP contribution in [0.1, 0.15) is 38.5 Å². The van der Waals surface area contributed by atoms with E-state index in [0.717, 1.165) is 32.1 Å². The fraction of sp³-hybridized carbons (Fsp3) is 0.857. The van der Waals surface area contributed by atoms with E-state index in [2.05, 4.69) is 0 Å². The molecule has 2 rings (SSSR count). The Morgan fingerprint density at radius 3 is 2.40 bits per heavy atom. The number of ether oxygens (including phenoxy) is 2. The quantitative estimate of drug-likeness (QED) is 0.798.